The highest BCUT2D eigenvalue weighted by Crippen LogP contribution is 2.42. The van der Waals surface area contributed by atoms with Gasteiger partial charge in [0.1, 0.15) is 0 Å². The first-order valence-corrected chi connectivity index (χ1v) is 8.71. The van der Waals surface area contributed by atoms with Crippen molar-refractivity contribution in [1.82, 2.24) is 19.1 Å². The highest BCUT2D eigenvalue weighted by Gasteiger charge is 2.22. The lowest BCUT2D eigenvalue weighted by atomic mass is 10.1. The van der Waals surface area contributed by atoms with Crippen LogP contribution in [0.25, 0.3) is 22.2 Å². The number of aromatic nitrogens is 4. The molecule has 0 aliphatic heterocycles. The number of imidazole rings is 1. The van der Waals surface area contributed by atoms with Crippen molar-refractivity contribution in [3.05, 3.63) is 54.2 Å². The van der Waals surface area contributed by atoms with Gasteiger partial charge in [0.25, 0.3) is 0 Å². The van der Waals surface area contributed by atoms with Gasteiger partial charge in [-0.15, -0.1) is 0 Å². The Morgan fingerprint density at radius 1 is 1.15 bits per heavy atom. The van der Waals surface area contributed by atoms with Crippen molar-refractivity contribution in [3.63, 3.8) is 0 Å². The van der Waals surface area contributed by atoms with E-state index in [1.54, 1.807) is 17.1 Å². The van der Waals surface area contributed by atoms with E-state index in [4.69, 9.17) is 0 Å². The largest absolute Gasteiger partial charge is 0.503 e. The van der Waals surface area contributed by atoms with E-state index in [-0.39, 0.29) is 11.6 Å². The normalized spacial score (nSPS) is 11.5. The van der Waals surface area contributed by atoms with E-state index >= 15 is 0 Å². The Morgan fingerprint density at radius 2 is 2.00 bits per heavy atom. The van der Waals surface area contributed by atoms with Crippen molar-refractivity contribution >= 4 is 10.9 Å². The summed E-state index contributed by atoms with van der Waals surface area (Å²) in [6, 6.07) is 6.24. The van der Waals surface area contributed by atoms with Crippen LogP contribution in [0.2, 0.25) is 0 Å². The first-order chi connectivity index (χ1) is 12.6. The fraction of sp³-hybridized carbons (Fsp3) is 0.250. The van der Waals surface area contributed by atoms with Crippen LogP contribution < -0.4 is 0 Å². The van der Waals surface area contributed by atoms with Gasteiger partial charge in [0, 0.05) is 53.7 Å². The Labute approximate surface area is 151 Å². The number of hydrogen-bond donors (Lipinski definition) is 3. The van der Waals surface area contributed by atoms with Crippen LogP contribution in [0.3, 0.4) is 0 Å². The molecule has 6 nitrogen and oxygen atoms in total. The lowest BCUT2D eigenvalue weighted by molar-refractivity contribution is 0.367. The molecule has 134 valence electrons. The van der Waals surface area contributed by atoms with Gasteiger partial charge in [-0.3, -0.25) is 0 Å². The Balaban J connectivity index is 1.73. The summed E-state index contributed by atoms with van der Waals surface area (Å²) in [5.74, 6) is -0.131. The van der Waals surface area contributed by atoms with Gasteiger partial charge >= 0.3 is 0 Å². The minimum absolute atomic E-state index is 0.0518. The van der Waals surface area contributed by atoms with Gasteiger partial charge in [0.15, 0.2) is 5.75 Å². The number of fused-ring (bicyclic) bond motifs is 1. The first-order valence-electron chi connectivity index (χ1n) is 8.71. The predicted molar refractivity (Wildman–Crippen MR) is 101 cm³/mol. The number of H-pyrrole nitrogens is 1. The van der Waals surface area contributed by atoms with Gasteiger partial charge in [-0.2, -0.15) is 0 Å². The third kappa shape index (κ3) is 2.63. The molecule has 0 fully saturated rings. The van der Waals surface area contributed by atoms with Crippen LogP contribution in [0.5, 0.6) is 11.6 Å². The van der Waals surface area contributed by atoms with Crippen LogP contribution in [0.1, 0.15) is 17.5 Å². The molecule has 3 aromatic heterocycles. The number of aromatic hydroxyl groups is 2. The molecule has 4 rings (SSSR count). The molecule has 0 radical (unpaired) electrons. The second-order valence-electron chi connectivity index (χ2n) is 6.70. The summed E-state index contributed by atoms with van der Waals surface area (Å²) < 4.78 is 3.80. The molecular formula is C20H22N4O2. The molecule has 0 saturated carbocycles. The Bertz CT molecular complexity index is 1060. The van der Waals surface area contributed by atoms with Crippen molar-refractivity contribution < 1.29 is 10.2 Å². The molecule has 3 N–H and O–H groups in total. The molecule has 0 bridgehead atoms. The number of hydrogen-bond acceptors (Lipinski definition) is 3. The van der Waals surface area contributed by atoms with E-state index in [0.29, 0.717) is 12.1 Å². The Kier molecular flexibility index (Phi) is 3.95. The second-order valence-corrected chi connectivity index (χ2v) is 6.70. The van der Waals surface area contributed by atoms with Crippen LogP contribution in [-0.4, -0.2) is 29.3 Å². The van der Waals surface area contributed by atoms with Crippen LogP contribution >= 0.6 is 0 Å². The summed E-state index contributed by atoms with van der Waals surface area (Å²) in [7, 11) is 0. The van der Waals surface area contributed by atoms with Crippen molar-refractivity contribution in [3.8, 4) is 22.9 Å². The van der Waals surface area contributed by atoms with E-state index in [9.17, 15) is 10.2 Å². The summed E-state index contributed by atoms with van der Waals surface area (Å²) in [5.41, 5.74) is 4.75. The molecule has 3 heterocycles. The number of rotatable bonds is 5. The van der Waals surface area contributed by atoms with Gasteiger partial charge in [0.05, 0.1) is 12.0 Å². The molecule has 26 heavy (non-hydrogen) atoms. The van der Waals surface area contributed by atoms with E-state index in [1.165, 1.54) is 5.56 Å². The predicted octanol–water partition coefficient (Wildman–Crippen LogP) is 3.95. The third-order valence-electron chi connectivity index (χ3n) is 4.90. The molecule has 0 aliphatic carbocycles. The van der Waals surface area contributed by atoms with Crippen molar-refractivity contribution in [2.45, 2.75) is 33.4 Å². The molecule has 0 amide bonds. The zero-order chi connectivity index (χ0) is 18.3. The van der Waals surface area contributed by atoms with E-state index < -0.39 is 0 Å². The van der Waals surface area contributed by atoms with Gasteiger partial charge in [-0.25, -0.2) is 4.98 Å². The molecule has 6 heteroatoms. The van der Waals surface area contributed by atoms with Crippen LogP contribution in [0.4, 0.5) is 0 Å². The molecule has 0 saturated heterocycles. The molecule has 0 aliphatic rings. The maximum atomic E-state index is 10.5. The summed E-state index contributed by atoms with van der Waals surface area (Å²) in [6.07, 6.45) is 8.20. The second kappa shape index (κ2) is 6.29. The summed E-state index contributed by atoms with van der Waals surface area (Å²) in [4.78, 5) is 7.35. The third-order valence-corrected chi connectivity index (χ3v) is 4.90. The minimum atomic E-state index is -0.0791. The van der Waals surface area contributed by atoms with Crippen molar-refractivity contribution in [2.75, 3.05) is 0 Å². The SMILES string of the molecule is Cc1ccc2c(-c3c(C)c(O)c(O)n3CCCn3ccnc3)c[nH]c2c1. The first kappa shape index (κ1) is 16.3. The van der Waals surface area contributed by atoms with E-state index in [2.05, 4.69) is 35.1 Å². The summed E-state index contributed by atoms with van der Waals surface area (Å²) in [5, 5.41) is 21.8. The number of benzene rings is 1. The van der Waals surface area contributed by atoms with Crippen LogP contribution in [0.15, 0.2) is 43.1 Å². The number of nitrogens with zero attached hydrogens (tertiary/aromatic N) is 3. The number of aryl methyl sites for hydroxylation is 2. The highest BCUT2D eigenvalue weighted by molar-refractivity contribution is 5.96. The zero-order valence-corrected chi connectivity index (χ0v) is 14.9. The molecule has 0 unspecified atom stereocenters. The molecular weight excluding hydrogens is 328 g/mol. The number of nitrogens with one attached hydrogen (secondary N) is 1. The smallest absolute Gasteiger partial charge is 0.235 e. The average Bonchev–Trinajstić information content (AvgIpc) is 3.32. The maximum Gasteiger partial charge on any atom is 0.235 e. The van der Waals surface area contributed by atoms with Crippen LogP contribution in [0, 0.1) is 13.8 Å². The Hall–Kier alpha value is -3.15. The van der Waals surface area contributed by atoms with Gasteiger partial charge in [0.2, 0.25) is 5.88 Å². The highest BCUT2D eigenvalue weighted by atomic mass is 16.3. The standard InChI is InChI=1S/C20H22N4O2/c1-13-4-5-15-16(11-22-17(15)10-13)18-14(2)19(25)20(26)24(18)8-3-7-23-9-6-21-12-23/h4-6,9-12,22,25-26H,3,7-8H2,1-2H3. The van der Waals surface area contributed by atoms with E-state index in [1.807, 2.05) is 23.9 Å². The average molecular weight is 350 g/mol. The quantitative estimate of drug-likeness (QED) is 0.510. The number of aromatic amines is 1. The lowest BCUT2D eigenvalue weighted by Gasteiger charge is -2.11. The zero-order valence-electron chi connectivity index (χ0n) is 14.9. The minimum Gasteiger partial charge on any atom is -0.503 e. The molecule has 0 atom stereocenters. The van der Waals surface area contributed by atoms with Crippen molar-refractivity contribution in [1.29, 1.82) is 0 Å². The van der Waals surface area contributed by atoms with Gasteiger partial charge < -0.3 is 24.3 Å². The van der Waals surface area contributed by atoms with Crippen molar-refractivity contribution in [2.24, 2.45) is 0 Å². The molecule has 4 aromatic rings. The van der Waals surface area contributed by atoms with Crippen LogP contribution in [-0.2, 0) is 13.1 Å². The fourth-order valence-corrected chi connectivity index (χ4v) is 3.55. The Morgan fingerprint density at radius 3 is 2.77 bits per heavy atom. The topological polar surface area (TPSA) is 79.0 Å². The summed E-state index contributed by atoms with van der Waals surface area (Å²) in [6.45, 7) is 5.29. The summed E-state index contributed by atoms with van der Waals surface area (Å²) >= 11 is 0. The molecule has 1 aromatic carbocycles. The maximum absolute atomic E-state index is 10.5. The monoisotopic (exact) mass is 350 g/mol. The van der Waals surface area contributed by atoms with Gasteiger partial charge in [-0.05, 0) is 31.9 Å². The lowest BCUT2D eigenvalue weighted by Crippen LogP contribution is -2.04. The molecule has 0 spiro atoms. The fourth-order valence-electron chi connectivity index (χ4n) is 3.55. The van der Waals surface area contributed by atoms with Gasteiger partial charge in [-0.1, -0.05) is 12.1 Å². The van der Waals surface area contributed by atoms with E-state index in [0.717, 1.165) is 35.1 Å².